The molecule has 0 unspecified atom stereocenters. The van der Waals surface area contributed by atoms with Gasteiger partial charge in [0.05, 0.1) is 23.4 Å². The van der Waals surface area contributed by atoms with E-state index in [0.717, 1.165) is 11.3 Å². The number of phenolic OH excluding ortho intramolecular Hbond substituents is 1. The van der Waals surface area contributed by atoms with Crippen molar-refractivity contribution in [3.05, 3.63) is 71.8 Å². The lowest BCUT2D eigenvalue weighted by atomic mass is 10.1. The van der Waals surface area contributed by atoms with Crippen molar-refractivity contribution >= 4 is 38.9 Å². The molecule has 9 nitrogen and oxygen atoms in total. The minimum absolute atomic E-state index is 0.0567. The predicted octanol–water partition coefficient (Wildman–Crippen LogP) is 3.36. The molecule has 3 aromatic carbocycles. The molecule has 0 spiro atoms. The number of nitrogens with zero attached hydrogens (tertiary/aromatic N) is 1. The molecule has 0 saturated heterocycles. The van der Waals surface area contributed by atoms with E-state index in [9.17, 15) is 23.1 Å². The van der Waals surface area contributed by atoms with E-state index in [1.54, 1.807) is 47.4 Å². The van der Waals surface area contributed by atoms with Gasteiger partial charge >= 0.3 is 0 Å². The van der Waals surface area contributed by atoms with Gasteiger partial charge < -0.3 is 20.1 Å². The zero-order chi connectivity index (χ0) is 24.5. The van der Waals surface area contributed by atoms with Gasteiger partial charge in [-0.2, -0.15) is 0 Å². The Kier molecular flexibility index (Phi) is 6.16. The van der Waals surface area contributed by atoms with Crippen LogP contribution in [0.3, 0.4) is 0 Å². The molecule has 4 rings (SSSR count). The molecule has 0 aliphatic carbocycles. The summed E-state index contributed by atoms with van der Waals surface area (Å²) in [5.74, 6) is -0.529. The number of carbonyl (C=O) groups excluding carboxylic acids is 2. The first-order valence-electron chi connectivity index (χ1n) is 10.4. The summed E-state index contributed by atoms with van der Waals surface area (Å²) in [6, 6.07) is 15.1. The monoisotopic (exact) mass is 481 g/mol. The average Bonchev–Trinajstić information content (AvgIpc) is 3.24. The summed E-state index contributed by atoms with van der Waals surface area (Å²) in [7, 11) is -2.61. The summed E-state index contributed by atoms with van der Waals surface area (Å²) in [5.41, 5.74) is 2.15. The maximum atomic E-state index is 12.9. The zero-order valence-corrected chi connectivity index (χ0v) is 19.3. The van der Waals surface area contributed by atoms with Crippen molar-refractivity contribution < 1.29 is 27.9 Å². The van der Waals surface area contributed by atoms with Crippen molar-refractivity contribution in [1.29, 1.82) is 0 Å². The number of anilines is 3. The van der Waals surface area contributed by atoms with Gasteiger partial charge in [-0.15, -0.1) is 0 Å². The number of benzene rings is 3. The molecule has 0 aromatic heterocycles. The molecule has 10 heteroatoms. The number of phenols is 1. The number of sulfonamides is 1. The third kappa shape index (κ3) is 4.53. The van der Waals surface area contributed by atoms with Gasteiger partial charge in [0, 0.05) is 24.7 Å². The smallest absolute Gasteiger partial charge is 0.262 e. The molecule has 1 aliphatic rings. The van der Waals surface area contributed by atoms with Gasteiger partial charge in [-0.25, -0.2) is 8.42 Å². The molecule has 3 N–H and O–H groups in total. The molecular weight excluding hydrogens is 458 g/mol. The Bertz CT molecular complexity index is 1390. The molecule has 0 radical (unpaired) electrons. The Morgan fingerprint density at radius 1 is 1.03 bits per heavy atom. The largest absolute Gasteiger partial charge is 0.506 e. The van der Waals surface area contributed by atoms with E-state index < -0.39 is 15.9 Å². The maximum Gasteiger partial charge on any atom is 0.262 e. The van der Waals surface area contributed by atoms with Crippen LogP contribution in [-0.4, -0.2) is 39.0 Å². The van der Waals surface area contributed by atoms with Gasteiger partial charge in [0.2, 0.25) is 5.91 Å². The van der Waals surface area contributed by atoms with Gasteiger partial charge in [0.25, 0.3) is 15.9 Å². The molecule has 1 heterocycles. The number of aromatic hydroxyl groups is 1. The van der Waals surface area contributed by atoms with Crippen molar-refractivity contribution in [1.82, 2.24) is 0 Å². The SMILES string of the molecule is COc1ccccc1NS(=O)(=O)c1ccc(O)c(NC(=O)c2ccc3c(c2)CCN3C(C)=O)c1. The number of hydrogen-bond donors (Lipinski definition) is 3. The Labute approximate surface area is 197 Å². The normalized spacial score (nSPS) is 12.7. The number of carbonyl (C=O) groups is 2. The third-order valence-corrected chi connectivity index (χ3v) is 6.86. The standard InChI is InChI=1S/C24H23N3O6S/c1-15(28)27-12-11-16-13-17(7-9-21(16)27)24(30)25-20-14-18(8-10-22(20)29)34(31,32)26-19-5-3-4-6-23(19)33-2/h3-10,13-14,26,29H,11-12H2,1-2H3,(H,25,30). The highest BCUT2D eigenvalue weighted by molar-refractivity contribution is 7.92. The Morgan fingerprint density at radius 2 is 1.79 bits per heavy atom. The van der Waals surface area contributed by atoms with Crippen LogP contribution in [0.4, 0.5) is 17.1 Å². The Balaban J connectivity index is 1.57. The van der Waals surface area contributed by atoms with Crippen LogP contribution >= 0.6 is 0 Å². The molecule has 176 valence electrons. The first kappa shape index (κ1) is 23.1. The number of rotatable bonds is 6. The second-order valence-electron chi connectivity index (χ2n) is 7.70. The summed E-state index contributed by atoms with van der Waals surface area (Å²) in [4.78, 5) is 26.1. The molecule has 0 saturated carbocycles. The number of hydrogen-bond acceptors (Lipinski definition) is 6. The lowest BCUT2D eigenvalue weighted by molar-refractivity contribution is -0.116. The van der Waals surface area contributed by atoms with E-state index in [2.05, 4.69) is 10.0 Å². The van der Waals surface area contributed by atoms with E-state index in [0.29, 0.717) is 24.3 Å². The van der Waals surface area contributed by atoms with E-state index in [1.165, 1.54) is 32.2 Å². The fourth-order valence-electron chi connectivity index (χ4n) is 3.78. The van der Waals surface area contributed by atoms with Gasteiger partial charge in [0.15, 0.2) is 0 Å². The van der Waals surface area contributed by atoms with Crippen LogP contribution in [0.25, 0.3) is 0 Å². The van der Waals surface area contributed by atoms with Crippen LogP contribution in [0.15, 0.2) is 65.6 Å². The van der Waals surface area contributed by atoms with Gasteiger partial charge in [-0.3, -0.25) is 14.3 Å². The quantitative estimate of drug-likeness (QED) is 0.464. The molecule has 2 amide bonds. The molecule has 0 fully saturated rings. The number of nitrogens with one attached hydrogen (secondary N) is 2. The lowest BCUT2D eigenvalue weighted by Crippen LogP contribution is -2.25. The van der Waals surface area contributed by atoms with Crippen LogP contribution in [-0.2, 0) is 21.2 Å². The van der Waals surface area contributed by atoms with Gasteiger partial charge in [0.1, 0.15) is 11.5 Å². The third-order valence-electron chi connectivity index (χ3n) is 5.50. The van der Waals surface area contributed by atoms with E-state index >= 15 is 0 Å². The zero-order valence-electron chi connectivity index (χ0n) is 18.5. The average molecular weight is 482 g/mol. The van der Waals surface area contributed by atoms with Crippen LogP contribution in [0.2, 0.25) is 0 Å². The molecular formula is C24H23N3O6S. The fourth-order valence-corrected chi connectivity index (χ4v) is 4.88. The number of methoxy groups -OCH3 is 1. The van der Waals surface area contributed by atoms with Crippen LogP contribution in [0.1, 0.15) is 22.8 Å². The number of fused-ring (bicyclic) bond motifs is 1. The number of amides is 2. The van der Waals surface area contributed by atoms with E-state index in [-0.39, 0.29) is 27.9 Å². The minimum Gasteiger partial charge on any atom is -0.506 e. The molecule has 3 aromatic rings. The Hall–Kier alpha value is -4.05. The fraction of sp³-hybridized carbons (Fsp3) is 0.167. The summed E-state index contributed by atoms with van der Waals surface area (Å²) in [5, 5.41) is 12.8. The number of para-hydroxylation sites is 2. The summed E-state index contributed by atoms with van der Waals surface area (Å²) in [6.07, 6.45) is 0.629. The Morgan fingerprint density at radius 3 is 2.53 bits per heavy atom. The second kappa shape index (κ2) is 9.06. The number of ether oxygens (including phenoxy) is 1. The van der Waals surface area contributed by atoms with Crippen molar-refractivity contribution in [3.8, 4) is 11.5 Å². The van der Waals surface area contributed by atoms with Crippen molar-refractivity contribution in [2.24, 2.45) is 0 Å². The second-order valence-corrected chi connectivity index (χ2v) is 9.39. The van der Waals surface area contributed by atoms with E-state index in [1.807, 2.05) is 0 Å². The van der Waals surface area contributed by atoms with Crippen molar-refractivity contribution in [3.63, 3.8) is 0 Å². The lowest BCUT2D eigenvalue weighted by Gasteiger charge is -2.15. The summed E-state index contributed by atoms with van der Waals surface area (Å²) in [6.45, 7) is 2.04. The predicted molar refractivity (Wildman–Crippen MR) is 128 cm³/mol. The van der Waals surface area contributed by atoms with Crippen LogP contribution < -0.4 is 19.7 Å². The molecule has 34 heavy (non-hydrogen) atoms. The van der Waals surface area contributed by atoms with Gasteiger partial charge in [-0.05, 0) is 60.5 Å². The highest BCUT2D eigenvalue weighted by Gasteiger charge is 2.24. The molecule has 0 atom stereocenters. The van der Waals surface area contributed by atoms with Crippen LogP contribution in [0.5, 0.6) is 11.5 Å². The first-order valence-corrected chi connectivity index (χ1v) is 11.9. The minimum atomic E-state index is -4.04. The highest BCUT2D eigenvalue weighted by atomic mass is 32.2. The first-order chi connectivity index (χ1) is 16.2. The van der Waals surface area contributed by atoms with E-state index in [4.69, 9.17) is 4.74 Å². The molecule has 0 bridgehead atoms. The highest BCUT2D eigenvalue weighted by Crippen LogP contribution is 2.32. The summed E-state index contributed by atoms with van der Waals surface area (Å²) < 4.78 is 33.4. The summed E-state index contributed by atoms with van der Waals surface area (Å²) >= 11 is 0. The topological polar surface area (TPSA) is 125 Å². The molecule has 1 aliphatic heterocycles. The van der Waals surface area contributed by atoms with Crippen LogP contribution in [0, 0.1) is 0 Å². The van der Waals surface area contributed by atoms with Crippen molar-refractivity contribution in [2.75, 3.05) is 28.6 Å². The van der Waals surface area contributed by atoms with Crippen molar-refractivity contribution in [2.45, 2.75) is 18.2 Å². The maximum absolute atomic E-state index is 12.9. The van der Waals surface area contributed by atoms with Gasteiger partial charge in [-0.1, -0.05) is 12.1 Å².